The number of ether oxygens (including phenoxy) is 2. The fraction of sp³-hybridized carbons (Fsp3) is 0.421. The molecule has 0 bridgehead atoms. The van der Waals surface area contributed by atoms with Crippen LogP contribution in [-0.4, -0.2) is 43.1 Å². The lowest BCUT2D eigenvalue weighted by Gasteiger charge is -2.26. The molecule has 3 amide bonds. The first-order chi connectivity index (χ1) is 12.7. The third-order valence-corrected chi connectivity index (χ3v) is 4.75. The van der Waals surface area contributed by atoms with Gasteiger partial charge in [0.25, 0.3) is 5.91 Å². The van der Waals surface area contributed by atoms with Gasteiger partial charge in [0.2, 0.25) is 4.74 Å². The van der Waals surface area contributed by atoms with E-state index in [9.17, 15) is 14.4 Å². The number of rotatable bonds is 5. The summed E-state index contributed by atoms with van der Waals surface area (Å²) in [5, 5.41) is 3.61. The van der Waals surface area contributed by atoms with Crippen LogP contribution in [0.2, 0.25) is 0 Å². The van der Waals surface area contributed by atoms with Crippen LogP contribution in [0.25, 0.3) is 10.8 Å². The molecule has 0 aliphatic carbocycles. The lowest BCUT2D eigenvalue weighted by molar-refractivity contribution is 0.0765. The van der Waals surface area contributed by atoms with Gasteiger partial charge in [-0.15, -0.1) is 0 Å². The number of nitrogens with one attached hydrogen (secondary N) is 1. The van der Waals surface area contributed by atoms with Crippen molar-refractivity contribution in [2.75, 3.05) is 14.2 Å². The van der Waals surface area contributed by atoms with E-state index in [2.05, 4.69) is 5.32 Å². The van der Waals surface area contributed by atoms with Crippen LogP contribution in [0, 0.1) is 0 Å². The van der Waals surface area contributed by atoms with E-state index in [0.717, 1.165) is 16.2 Å². The van der Waals surface area contributed by atoms with E-state index in [0.29, 0.717) is 22.3 Å². The van der Waals surface area contributed by atoms with Crippen LogP contribution in [0.5, 0.6) is 11.5 Å². The van der Waals surface area contributed by atoms with Crippen molar-refractivity contribution in [1.82, 2.24) is 10.2 Å². The van der Waals surface area contributed by atoms with E-state index in [1.54, 1.807) is 32.0 Å². The van der Waals surface area contributed by atoms with Gasteiger partial charge in [0.15, 0.2) is 11.5 Å². The minimum Gasteiger partial charge on any atom is -0.493 e. The summed E-state index contributed by atoms with van der Waals surface area (Å²) < 4.78 is 10.2. The zero-order chi connectivity index (χ0) is 20.3. The maximum absolute atomic E-state index is 13.0. The van der Waals surface area contributed by atoms with Crippen LogP contribution < -0.4 is 19.5 Å². The highest BCUT2D eigenvalue weighted by molar-refractivity contribution is 7.12. The molecule has 1 N–H and O–H groups in total. The average molecular weight is 392 g/mol. The molecular weight excluding hydrogens is 368 g/mol. The molecule has 2 aromatic rings. The van der Waals surface area contributed by atoms with Crippen molar-refractivity contribution >= 4 is 34.0 Å². The Labute approximate surface area is 161 Å². The Balaban J connectivity index is 2.56. The summed E-state index contributed by atoms with van der Waals surface area (Å²) >= 11 is 0.783. The van der Waals surface area contributed by atoms with Crippen molar-refractivity contribution in [2.45, 2.75) is 39.8 Å². The zero-order valence-corrected chi connectivity index (χ0v) is 17.1. The highest BCUT2D eigenvalue weighted by Crippen LogP contribution is 2.34. The van der Waals surface area contributed by atoms with Crippen molar-refractivity contribution in [2.24, 2.45) is 0 Å². The van der Waals surface area contributed by atoms with Crippen LogP contribution >= 0.6 is 11.3 Å². The molecule has 1 aromatic carbocycles. The molecule has 8 heteroatoms. The van der Waals surface area contributed by atoms with Gasteiger partial charge < -0.3 is 14.8 Å². The second-order valence-electron chi connectivity index (χ2n) is 6.54. The summed E-state index contributed by atoms with van der Waals surface area (Å²) in [5.74, 6) is 0.254. The van der Waals surface area contributed by atoms with Gasteiger partial charge in [-0.3, -0.25) is 14.5 Å². The number of hydrogen-bond donors (Lipinski definition) is 1. The fourth-order valence-electron chi connectivity index (χ4n) is 2.70. The van der Waals surface area contributed by atoms with Crippen LogP contribution in [0.15, 0.2) is 23.0 Å². The number of carbonyl (C=O) groups excluding carboxylic acids is 2. The second kappa shape index (κ2) is 8.39. The van der Waals surface area contributed by atoms with Crippen molar-refractivity contribution < 1.29 is 19.1 Å². The van der Waals surface area contributed by atoms with E-state index in [-0.39, 0.29) is 21.7 Å². The quantitative estimate of drug-likeness (QED) is 0.844. The number of methoxy groups -OCH3 is 2. The monoisotopic (exact) mass is 392 g/mol. The number of benzene rings is 1. The Bertz CT molecular complexity index is 920. The van der Waals surface area contributed by atoms with E-state index in [1.165, 1.54) is 14.2 Å². The smallest absolute Gasteiger partial charge is 0.324 e. The largest absolute Gasteiger partial charge is 0.493 e. The molecule has 0 saturated heterocycles. The highest BCUT2D eigenvalue weighted by Gasteiger charge is 2.27. The van der Waals surface area contributed by atoms with Gasteiger partial charge >= 0.3 is 6.03 Å². The number of fused-ring (bicyclic) bond motifs is 1. The molecule has 0 saturated carbocycles. The average Bonchev–Trinajstić information content (AvgIpc) is 2.59. The predicted octanol–water partition coefficient (Wildman–Crippen LogP) is 3.25. The van der Waals surface area contributed by atoms with Crippen LogP contribution in [0.3, 0.4) is 0 Å². The summed E-state index contributed by atoms with van der Waals surface area (Å²) in [5.41, 5.74) is 0. The molecule has 2 rings (SSSR count). The van der Waals surface area contributed by atoms with E-state index < -0.39 is 11.9 Å². The summed E-state index contributed by atoms with van der Waals surface area (Å²) in [6.45, 7) is 7.12. The molecule has 0 radical (unpaired) electrons. The first-order valence-corrected chi connectivity index (χ1v) is 9.35. The zero-order valence-electron chi connectivity index (χ0n) is 16.3. The van der Waals surface area contributed by atoms with Crippen molar-refractivity contribution in [3.8, 4) is 11.5 Å². The lowest BCUT2D eigenvalue weighted by atomic mass is 10.1. The summed E-state index contributed by atoms with van der Waals surface area (Å²) in [7, 11) is 2.94. The minimum atomic E-state index is -0.512. The van der Waals surface area contributed by atoms with Gasteiger partial charge in [-0.1, -0.05) is 17.4 Å². The van der Waals surface area contributed by atoms with E-state index in [4.69, 9.17) is 9.47 Å². The highest BCUT2D eigenvalue weighted by atomic mass is 32.1. The lowest BCUT2D eigenvalue weighted by Crippen LogP contribution is -2.49. The molecule has 0 aliphatic rings. The van der Waals surface area contributed by atoms with Crippen LogP contribution in [0.4, 0.5) is 4.79 Å². The van der Waals surface area contributed by atoms with Crippen molar-refractivity contribution in [1.29, 1.82) is 0 Å². The third kappa shape index (κ3) is 4.21. The van der Waals surface area contributed by atoms with Gasteiger partial charge in [-0.25, -0.2) is 4.79 Å². The first kappa shape index (κ1) is 20.7. The van der Waals surface area contributed by atoms with Gasteiger partial charge in [0, 0.05) is 12.1 Å². The molecule has 0 fully saturated rings. The Kier molecular flexibility index (Phi) is 6.43. The summed E-state index contributed by atoms with van der Waals surface area (Å²) in [4.78, 5) is 39.4. The fourth-order valence-corrected chi connectivity index (χ4v) is 3.58. The number of carbonyl (C=O) groups is 2. The topological polar surface area (TPSA) is 84.9 Å². The molecule has 146 valence electrons. The maximum Gasteiger partial charge on any atom is 0.324 e. The Morgan fingerprint density at radius 2 is 1.78 bits per heavy atom. The van der Waals surface area contributed by atoms with Crippen molar-refractivity contribution in [3.05, 3.63) is 32.6 Å². The first-order valence-electron chi connectivity index (χ1n) is 8.54. The molecule has 0 aliphatic heterocycles. The Hall–Kier alpha value is -2.61. The van der Waals surface area contributed by atoms with Gasteiger partial charge in [-0.2, -0.15) is 0 Å². The van der Waals surface area contributed by atoms with E-state index >= 15 is 0 Å². The SMILES string of the molecule is COc1ccc2cc(C(=O)N(C(=O)NC(C)C)C(C)C)sc(=O)c2c1OC. The van der Waals surface area contributed by atoms with Crippen molar-refractivity contribution in [3.63, 3.8) is 0 Å². The van der Waals surface area contributed by atoms with Gasteiger partial charge in [-0.05, 0) is 45.2 Å². The molecular formula is C19H24N2O5S. The Morgan fingerprint density at radius 1 is 1.11 bits per heavy atom. The summed E-state index contributed by atoms with van der Waals surface area (Å²) in [6.07, 6.45) is 0. The minimum absolute atomic E-state index is 0.112. The number of amides is 3. The molecule has 0 unspecified atom stereocenters. The number of imide groups is 1. The van der Waals surface area contributed by atoms with E-state index in [1.807, 2.05) is 13.8 Å². The van der Waals surface area contributed by atoms with Gasteiger partial charge in [0.05, 0.1) is 24.5 Å². The molecule has 1 aromatic heterocycles. The third-order valence-electron chi connectivity index (χ3n) is 3.85. The van der Waals surface area contributed by atoms with Gasteiger partial charge in [0.1, 0.15) is 0 Å². The maximum atomic E-state index is 13.0. The molecule has 0 atom stereocenters. The Morgan fingerprint density at radius 3 is 2.30 bits per heavy atom. The number of nitrogens with zero attached hydrogens (tertiary/aromatic N) is 1. The number of hydrogen-bond acceptors (Lipinski definition) is 6. The van der Waals surface area contributed by atoms with Crippen LogP contribution in [0.1, 0.15) is 37.4 Å². The second-order valence-corrected chi connectivity index (χ2v) is 7.55. The molecule has 27 heavy (non-hydrogen) atoms. The standard InChI is InChI=1S/C19H24N2O5S/c1-10(2)20-19(24)21(11(3)4)17(22)14-9-12-7-8-13(25-5)16(26-6)15(12)18(23)27-14/h7-11H,1-6H3,(H,20,24). The number of urea groups is 1. The molecule has 0 spiro atoms. The predicted molar refractivity (Wildman–Crippen MR) is 106 cm³/mol. The molecule has 7 nitrogen and oxygen atoms in total. The summed E-state index contributed by atoms with van der Waals surface area (Å²) in [6, 6.07) is 4.00. The van der Waals surface area contributed by atoms with Crippen LogP contribution in [-0.2, 0) is 0 Å². The normalized spacial score (nSPS) is 11.0. The molecule has 1 heterocycles.